The largest absolute Gasteiger partial charge is 0.398 e. The summed E-state index contributed by atoms with van der Waals surface area (Å²) >= 11 is 9.64. The molecule has 1 saturated carbocycles. The molecular weight excluding hydrogens is 350 g/mol. The number of hydrogen-bond donors (Lipinski definition) is 1. The molecule has 0 aliphatic heterocycles. The van der Waals surface area contributed by atoms with Gasteiger partial charge in [-0.2, -0.15) is 0 Å². The molecule has 3 aromatic rings. The number of rotatable bonds is 2. The molecule has 3 nitrogen and oxygen atoms in total. The van der Waals surface area contributed by atoms with Crippen LogP contribution < -0.4 is 5.73 Å². The molecule has 2 aromatic carbocycles. The zero-order valence-electron chi connectivity index (χ0n) is 11.2. The Labute approximate surface area is 135 Å². The van der Waals surface area contributed by atoms with Crippen LogP contribution in [0.25, 0.3) is 22.4 Å². The van der Waals surface area contributed by atoms with E-state index in [1.165, 1.54) is 12.8 Å². The zero-order chi connectivity index (χ0) is 14.6. The van der Waals surface area contributed by atoms with Crippen LogP contribution in [-0.2, 0) is 0 Å². The van der Waals surface area contributed by atoms with Crippen LogP contribution in [0.5, 0.6) is 0 Å². The van der Waals surface area contributed by atoms with Crippen LogP contribution in [0.1, 0.15) is 18.9 Å². The van der Waals surface area contributed by atoms with Gasteiger partial charge in [-0.15, -0.1) is 0 Å². The summed E-state index contributed by atoms with van der Waals surface area (Å²) in [7, 11) is 0. The second-order valence-corrected chi connectivity index (χ2v) is 6.75. The maximum absolute atomic E-state index is 6.14. The molecule has 5 heteroatoms. The average Bonchev–Trinajstić information content (AvgIpc) is 3.22. The van der Waals surface area contributed by atoms with E-state index in [9.17, 15) is 0 Å². The molecule has 1 aliphatic rings. The van der Waals surface area contributed by atoms with E-state index in [-0.39, 0.29) is 0 Å². The van der Waals surface area contributed by atoms with Gasteiger partial charge in [0.15, 0.2) is 0 Å². The monoisotopic (exact) mass is 361 g/mol. The number of nitrogens with zero attached hydrogens (tertiary/aromatic N) is 2. The number of aromatic nitrogens is 2. The van der Waals surface area contributed by atoms with Crippen LogP contribution in [0.3, 0.4) is 0 Å². The first kappa shape index (κ1) is 13.2. The van der Waals surface area contributed by atoms with Gasteiger partial charge in [0.25, 0.3) is 0 Å². The van der Waals surface area contributed by atoms with Crippen molar-refractivity contribution in [2.24, 2.45) is 0 Å². The summed E-state index contributed by atoms with van der Waals surface area (Å²) in [6.45, 7) is 0. The third-order valence-electron chi connectivity index (χ3n) is 3.82. The number of benzene rings is 2. The minimum atomic E-state index is 0.518. The van der Waals surface area contributed by atoms with Gasteiger partial charge in [0.2, 0.25) is 0 Å². The summed E-state index contributed by atoms with van der Waals surface area (Å²) in [6.07, 6.45) is 2.38. The van der Waals surface area contributed by atoms with Gasteiger partial charge in [0.05, 0.1) is 11.0 Å². The Morgan fingerprint density at radius 1 is 1.19 bits per heavy atom. The lowest BCUT2D eigenvalue weighted by molar-refractivity contribution is 0.775. The van der Waals surface area contributed by atoms with Crippen LogP contribution in [0.15, 0.2) is 40.9 Å². The molecule has 1 aliphatic carbocycles. The zero-order valence-corrected chi connectivity index (χ0v) is 13.5. The fourth-order valence-corrected chi connectivity index (χ4v) is 3.21. The van der Waals surface area contributed by atoms with Crippen molar-refractivity contribution in [2.75, 3.05) is 5.73 Å². The van der Waals surface area contributed by atoms with E-state index in [0.29, 0.717) is 16.8 Å². The second-order valence-electron chi connectivity index (χ2n) is 5.40. The summed E-state index contributed by atoms with van der Waals surface area (Å²) in [6, 6.07) is 12.3. The molecule has 0 spiro atoms. The third-order valence-corrected chi connectivity index (χ3v) is 4.55. The highest BCUT2D eigenvalue weighted by Gasteiger charge is 2.29. The molecule has 1 heterocycles. The predicted octanol–water partition coefficient (Wildman–Crippen LogP) is 5.04. The van der Waals surface area contributed by atoms with E-state index in [1.807, 2.05) is 24.3 Å². The quantitative estimate of drug-likeness (QED) is 0.649. The Bertz CT molecular complexity index is 852. The van der Waals surface area contributed by atoms with E-state index in [4.69, 9.17) is 22.3 Å². The normalized spacial score (nSPS) is 14.8. The van der Waals surface area contributed by atoms with Crippen LogP contribution in [0, 0.1) is 0 Å². The number of imidazole rings is 1. The summed E-state index contributed by atoms with van der Waals surface area (Å²) in [5, 5.41) is 0.676. The van der Waals surface area contributed by atoms with Crippen molar-refractivity contribution in [1.82, 2.24) is 9.55 Å². The van der Waals surface area contributed by atoms with Crippen molar-refractivity contribution < 1.29 is 0 Å². The highest BCUT2D eigenvalue weighted by atomic mass is 79.9. The van der Waals surface area contributed by atoms with E-state index in [1.54, 1.807) is 6.07 Å². The lowest BCUT2D eigenvalue weighted by Crippen LogP contribution is -2.00. The molecule has 0 saturated heterocycles. The fourth-order valence-electron chi connectivity index (χ4n) is 2.69. The van der Waals surface area contributed by atoms with E-state index < -0.39 is 0 Å². The van der Waals surface area contributed by atoms with Crippen LogP contribution >= 0.6 is 27.5 Å². The molecule has 1 aromatic heterocycles. The summed E-state index contributed by atoms with van der Waals surface area (Å²) in [5.41, 5.74) is 9.88. The third kappa shape index (κ3) is 2.23. The van der Waals surface area contributed by atoms with Gasteiger partial charge in [-0.3, -0.25) is 0 Å². The maximum atomic E-state index is 6.14. The van der Waals surface area contributed by atoms with Gasteiger partial charge in [-0.05, 0) is 49.2 Å². The highest BCUT2D eigenvalue weighted by Crippen LogP contribution is 2.42. The van der Waals surface area contributed by atoms with Gasteiger partial charge in [-0.1, -0.05) is 27.5 Å². The first-order valence-corrected chi connectivity index (χ1v) is 8.03. The van der Waals surface area contributed by atoms with Gasteiger partial charge in [0, 0.05) is 26.8 Å². The molecule has 0 bridgehead atoms. The Morgan fingerprint density at radius 3 is 2.76 bits per heavy atom. The van der Waals surface area contributed by atoms with Crippen molar-refractivity contribution in [3.05, 3.63) is 45.9 Å². The van der Waals surface area contributed by atoms with Crippen molar-refractivity contribution in [3.63, 3.8) is 0 Å². The molecule has 0 atom stereocenters. The Hall–Kier alpha value is -1.52. The lowest BCUT2D eigenvalue weighted by atomic mass is 10.1. The molecular formula is C16H13BrClN3. The highest BCUT2D eigenvalue weighted by molar-refractivity contribution is 9.10. The van der Waals surface area contributed by atoms with Crippen molar-refractivity contribution in [1.29, 1.82) is 0 Å². The van der Waals surface area contributed by atoms with Crippen molar-refractivity contribution in [2.45, 2.75) is 18.9 Å². The summed E-state index contributed by atoms with van der Waals surface area (Å²) in [5.74, 6) is 0.908. The Balaban J connectivity index is 2.03. The van der Waals surface area contributed by atoms with Crippen LogP contribution in [0.4, 0.5) is 5.69 Å². The molecule has 4 rings (SSSR count). The molecule has 0 radical (unpaired) electrons. The second kappa shape index (κ2) is 4.75. The first-order valence-electron chi connectivity index (χ1n) is 6.86. The van der Waals surface area contributed by atoms with E-state index in [0.717, 1.165) is 26.9 Å². The van der Waals surface area contributed by atoms with Crippen LogP contribution in [-0.4, -0.2) is 9.55 Å². The molecule has 21 heavy (non-hydrogen) atoms. The van der Waals surface area contributed by atoms with Gasteiger partial charge in [-0.25, -0.2) is 4.98 Å². The first-order chi connectivity index (χ1) is 10.1. The SMILES string of the molecule is Nc1ccc(Cl)cc1-c1nc2cc(Br)ccc2n1C1CC1. The smallest absolute Gasteiger partial charge is 0.143 e. The molecule has 106 valence electrons. The van der Waals surface area contributed by atoms with Crippen LogP contribution in [0.2, 0.25) is 5.02 Å². The topological polar surface area (TPSA) is 43.8 Å². The molecule has 2 N–H and O–H groups in total. The number of nitrogens with two attached hydrogens (primary N) is 1. The van der Waals surface area contributed by atoms with Gasteiger partial charge in [0.1, 0.15) is 5.82 Å². The Morgan fingerprint density at radius 2 is 2.00 bits per heavy atom. The number of nitrogen functional groups attached to an aromatic ring is 1. The summed E-state index contributed by atoms with van der Waals surface area (Å²) < 4.78 is 3.32. The molecule has 0 amide bonds. The van der Waals surface area contributed by atoms with E-state index in [2.05, 4.69) is 26.6 Å². The fraction of sp³-hybridized carbons (Fsp3) is 0.188. The van der Waals surface area contributed by atoms with E-state index >= 15 is 0 Å². The number of fused-ring (bicyclic) bond motifs is 1. The number of halogens is 2. The standard InChI is InChI=1S/C16H13BrClN3/c17-9-1-6-15-14(7-9)20-16(21(15)11-3-4-11)12-8-10(18)2-5-13(12)19/h1-2,5-8,11H,3-4,19H2. The lowest BCUT2D eigenvalue weighted by Gasteiger charge is -2.10. The molecule has 0 unspecified atom stereocenters. The number of anilines is 1. The summed E-state index contributed by atoms with van der Waals surface area (Å²) in [4.78, 5) is 4.80. The predicted molar refractivity (Wildman–Crippen MR) is 90.6 cm³/mol. The van der Waals surface area contributed by atoms with Gasteiger partial charge < -0.3 is 10.3 Å². The maximum Gasteiger partial charge on any atom is 0.143 e. The van der Waals surface area contributed by atoms with Gasteiger partial charge >= 0.3 is 0 Å². The minimum Gasteiger partial charge on any atom is -0.398 e. The minimum absolute atomic E-state index is 0.518. The molecule has 1 fully saturated rings. The Kier molecular flexibility index (Phi) is 2.98. The van der Waals surface area contributed by atoms with Crippen molar-refractivity contribution >= 4 is 44.3 Å². The number of hydrogen-bond acceptors (Lipinski definition) is 2. The average molecular weight is 363 g/mol. The van der Waals surface area contributed by atoms with Crippen molar-refractivity contribution in [3.8, 4) is 11.4 Å².